The molecule has 0 aliphatic heterocycles. The molecule has 0 saturated carbocycles. The predicted molar refractivity (Wildman–Crippen MR) is 59.8 cm³/mol. The van der Waals surface area contributed by atoms with Gasteiger partial charge >= 0.3 is 0 Å². The SMILES string of the molecule is O=S(O)c1cccnc1Oc1ccccc1. The van der Waals surface area contributed by atoms with Gasteiger partial charge in [0.05, 0.1) is 0 Å². The van der Waals surface area contributed by atoms with Crippen LogP contribution in [-0.2, 0) is 11.1 Å². The van der Waals surface area contributed by atoms with Gasteiger partial charge in [0.15, 0.2) is 11.1 Å². The molecule has 16 heavy (non-hydrogen) atoms. The van der Waals surface area contributed by atoms with Crippen LogP contribution in [0.5, 0.6) is 11.6 Å². The van der Waals surface area contributed by atoms with Gasteiger partial charge in [-0.25, -0.2) is 9.19 Å². The third-order valence-electron chi connectivity index (χ3n) is 1.88. The van der Waals surface area contributed by atoms with Gasteiger partial charge in [-0.05, 0) is 24.3 Å². The molecule has 4 nitrogen and oxygen atoms in total. The van der Waals surface area contributed by atoms with Crippen molar-refractivity contribution in [3.8, 4) is 11.6 Å². The second kappa shape index (κ2) is 4.87. The van der Waals surface area contributed by atoms with Crippen LogP contribution in [0.2, 0.25) is 0 Å². The average molecular weight is 235 g/mol. The van der Waals surface area contributed by atoms with Gasteiger partial charge < -0.3 is 9.29 Å². The van der Waals surface area contributed by atoms with E-state index in [0.29, 0.717) is 5.75 Å². The van der Waals surface area contributed by atoms with Crippen LogP contribution in [0.1, 0.15) is 0 Å². The fourth-order valence-electron chi connectivity index (χ4n) is 1.19. The maximum absolute atomic E-state index is 11.0. The molecule has 0 bridgehead atoms. The van der Waals surface area contributed by atoms with Crippen molar-refractivity contribution in [2.75, 3.05) is 0 Å². The summed E-state index contributed by atoms with van der Waals surface area (Å²) in [5.74, 6) is 0.724. The van der Waals surface area contributed by atoms with Gasteiger partial charge in [0.1, 0.15) is 10.6 Å². The number of para-hydroxylation sites is 1. The van der Waals surface area contributed by atoms with Crippen LogP contribution in [0.15, 0.2) is 53.6 Å². The van der Waals surface area contributed by atoms with Crippen LogP contribution in [0, 0.1) is 0 Å². The summed E-state index contributed by atoms with van der Waals surface area (Å²) < 4.78 is 25.4. The number of rotatable bonds is 3. The Morgan fingerprint density at radius 3 is 2.56 bits per heavy atom. The van der Waals surface area contributed by atoms with Crippen molar-refractivity contribution in [3.63, 3.8) is 0 Å². The number of hydrogen-bond donors (Lipinski definition) is 1. The van der Waals surface area contributed by atoms with Gasteiger partial charge in [0.25, 0.3) is 0 Å². The first kappa shape index (κ1) is 10.8. The lowest BCUT2D eigenvalue weighted by atomic mass is 10.3. The molecule has 0 saturated heterocycles. The van der Waals surface area contributed by atoms with Gasteiger partial charge in [-0.15, -0.1) is 0 Å². The topological polar surface area (TPSA) is 59.4 Å². The van der Waals surface area contributed by atoms with E-state index >= 15 is 0 Å². The summed E-state index contributed by atoms with van der Waals surface area (Å²) >= 11 is -2.10. The fourth-order valence-corrected chi connectivity index (χ4v) is 1.62. The van der Waals surface area contributed by atoms with Gasteiger partial charge in [0, 0.05) is 6.20 Å². The average Bonchev–Trinajstić information content (AvgIpc) is 2.31. The molecule has 0 radical (unpaired) electrons. The molecule has 0 spiro atoms. The molecule has 1 unspecified atom stereocenters. The second-order valence-corrected chi connectivity index (χ2v) is 3.91. The van der Waals surface area contributed by atoms with Gasteiger partial charge in [0.2, 0.25) is 5.88 Å². The first-order chi connectivity index (χ1) is 7.77. The number of ether oxygens (including phenoxy) is 1. The Kier molecular flexibility index (Phi) is 3.28. The third-order valence-corrected chi connectivity index (χ3v) is 2.57. The monoisotopic (exact) mass is 235 g/mol. The van der Waals surface area contributed by atoms with E-state index in [1.807, 2.05) is 18.2 Å². The first-order valence-electron chi connectivity index (χ1n) is 4.56. The normalized spacial score (nSPS) is 12.1. The molecule has 0 fully saturated rings. The second-order valence-electron chi connectivity index (χ2n) is 2.97. The minimum absolute atomic E-state index is 0.148. The van der Waals surface area contributed by atoms with E-state index < -0.39 is 11.1 Å². The Bertz CT molecular complexity index is 502. The van der Waals surface area contributed by atoms with Gasteiger partial charge in [-0.3, -0.25) is 0 Å². The molecule has 82 valence electrons. The molecule has 1 N–H and O–H groups in total. The van der Waals surface area contributed by atoms with Crippen molar-refractivity contribution >= 4 is 11.1 Å². The smallest absolute Gasteiger partial charge is 0.237 e. The van der Waals surface area contributed by atoms with E-state index in [1.54, 1.807) is 18.2 Å². The van der Waals surface area contributed by atoms with Crippen molar-refractivity contribution in [1.29, 1.82) is 0 Å². The predicted octanol–water partition coefficient (Wildman–Crippen LogP) is 2.45. The molecule has 0 aliphatic rings. The molecule has 1 aromatic carbocycles. The van der Waals surface area contributed by atoms with E-state index in [0.717, 1.165) is 0 Å². The van der Waals surface area contributed by atoms with Crippen molar-refractivity contribution in [1.82, 2.24) is 4.98 Å². The molecule has 2 aromatic rings. The number of benzene rings is 1. The third kappa shape index (κ3) is 2.44. The fraction of sp³-hybridized carbons (Fsp3) is 0. The first-order valence-corrected chi connectivity index (χ1v) is 5.67. The zero-order valence-electron chi connectivity index (χ0n) is 8.24. The Morgan fingerprint density at radius 1 is 1.12 bits per heavy atom. The maximum atomic E-state index is 11.0. The molecule has 0 aliphatic carbocycles. The van der Waals surface area contributed by atoms with Crippen molar-refractivity contribution < 1.29 is 13.5 Å². The lowest BCUT2D eigenvalue weighted by Crippen LogP contribution is -1.96. The molecule has 2 rings (SSSR count). The summed E-state index contributed by atoms with van der Waals surface area (Å²) in [6.45, 7) is 0. The van der Waals surface area contributed by atoms with E-state index in [2.05, 4.69) is 4.98 Å². The highest BCUT2D eigenvalue weighted by molar-refractivity contribution is 7.79. The van der Waals surface area contributed by atoms with E-state index in [4.69, 9.17) is 9.29 Å². The summed E-state index contributed by atoms with van der Waals surface area (Å²) in [5, 5.41) is 0. The van der Waals surface area contributed by atoms with E-state index in [9.17, 15) is 4.21 Å². The van der Waals surface area contributed by atoms with Crippen LogP contribution in [0.25, 0.3) is 0 Å². The molecule has 1 heterocycles. The lowest BCUT2D eigenvalue weighted by Gasteiger charge is -2.06. The van der Waals surface area contributed by atoms with E-state index in [1.165, 1.54) is 12.3 Å². The van der Waals surface area contributed by atoms with E-state index in [-0.39, 0.29) is 10.8 Å². The number of nitrogens with zero attached hydrogens (tertiary/aromatic N) is 1. The Balaban J connectivity index is 2.31. The summed E-state index contributed by atoms with van der Waals surface area (Å²) in [4.78, 5) is 4.08. The molecular weight excluding hydrogens is 226 g/mol. The zero-order chi connectivity index (χ0) is 11.4. The summed E-state index contributed by atoms with van der Waals surface area (Å²) in [6.07, 6.45) is 1.51. The summed E-state index contributed by atoms with van der Waals surface area (Å²) in [6, 6.07) is 12.1. The highest BCUT2D eigenvalue weighted by Crippen LogP contribution is 2.24. The summed E-state index contributed by atoms with van der Waals surface area (Å²) in [7, 11) is 0. The minimum Gasteiger partial charge on any atom is -0.438 e. The van der Waals surface area contributed by atoms with Crippen molar-refractivity contribution in [3.05, 3.63) is 48.7 Å². The molecular formula is C11H9NO3S. The summed E-state index contributed by atoms with van der Waals surface area (Å²) in [5.41, 5.74) is 0. The molecule has 1 aromatic heterocycles. The largest absolute Gasteiger partial charge is 0.438 e. The highest BCUT2D eigenvalue weighted by Gasteiger charge is 2.10. The zero-order valence-corrected chi connectivity index (χ0v) is 9.05. The Labute approximate surface area is 95.2 Å². The number of aromatic nitrogens is 1. The standard InChI is InChI=1S/C11H9NO3S/c13-16(14)10-7-4-8-12-11(10)15-9-5-2-1-3-6-9/h1-8H,(H,13,14). The molecule has 0 amide bonds. The minimum atomic E-state index is -2.10. The van der Waals surface area contributed by atoms with Crippen LogP contribution in [0.3, 0.4) is 0 Å². The van der Waals surface area contributed by atoms with Crippen molar-refractivity contribution in [2.24, 2.45) is 0 Å². The van der Waals surface area contributed by atoms with Crippen LogP contribution in [-0.4, -0.2) is 13.7 Å². The molecule has 5 heteroatoms. The van der Waals surface area contributed by atoms with Gasteiger partial charge in [-0.1, -0.05) is 18.2 Å². The quantitative estimate of drug-likeness (QED) is 0.830. The number of hydrogen-bond acceptors (Lipinski definition) is 3. The maximum Gasteiger partial charge on any atom is 0.237 e. The molecule has 1 atom stereocenters. The Hall–Kier alpha value is -1.72. The van der Waals surface area contributed by atoms with Crippen LogP contribution in [0.4, 0.5) is 0 Å². The van der Waals surface area contributed by atoms with Crippen molar-refractivity contribution in [2.45, 2.75) is 4.90 Å². The Morgan fingerprint density at radius 2 is 1.88 bits per heavy atom. The highest BCUT2D eigenvalue weighted by atomic mass is 32.2. The van der Waals surface area contributed by atoms with Crippen LogP contribution < -0.4 is 4.74 Å². The van der Waals surface area contributed by atoms with Crippen LogP contribution >= 0.6 is 0 Å². The number of pyridine rings is 1. The lowest BCUT2D eigenvalue weighted by molar-refractivity contribution is 0.445. The van der Waals surface area contributed by atoms with Gasteiger partial charge in [-0.2, -0.15) is 0 Å².